The van der Waals surface area contributed by atoms with Gasteiger partial charge in [0, 0.05) is 25.2 Å². The van der Waals surface area contributed by atoms with Crippen LogP contribution in [0.15, 0.2) is 24.4 Å². The normalized spacial score (nSPS) is 9.89. The molecule has 0 amide bonds. The standard InChI is InChI=1S/C12H15N3O2.ClH/c1-8-11(7-14-15(8)2)13-6-9-3-4-10(16)5-12(9)17;/h3-5,7,13,16-17H,6H2,1-2H3;1H. The number of aromatic hydroxyl groups is 2. The van der Waals surface area contributed by atoms with Crippen LogP contribution in [0.3, 0.4) is 0 Å². The number of phenolic OH excluding ortho intramolecular Hbond substituents is 2. The Balaban J connectivity index is 0.00000162. The van der Waals surface area contributed by atoms with E-state index in [1.54, 1.807) is 23.0 Å². The second kappa shape index (κ2) is 5.64. The topological polar surface area (TPSA) is 70.3 Å². The number of rotatable bonds is 3. The summed E-state index contributed by atoms with van der Waals surface area (Å²) in [4.78, 5) is 0. The SMILES string of the molecule is Cc1c(NCc2ccc(O)cc2O)cnn1C.Cl. The van der Waals surface area contributed by atoms with Gasteiger partial charge in [-0.3, -0.25) is 4.68 Å². The Bertz CT molecular complexity index is 540. The quantitative estimate of drug-likeness (QED) is 0.799. The highest BCUT2D eigenvalue weighted by Gasteiger charge is 2.05. The number of nitrogens with zero attached hydrogens (tertiary/aromatic N) is 2. The molecule has 0 spiro atoms. The number of hydrogen-bond donors (Lipinski definition) is 3. The fraction of sp³-hybridized carbons (Fsp3) is 0.250. The third kappa shape index (κ3) is 2.87. The zero-order valence-corrected chi connectivity index (χ0v) is 11.0. The molecule has 0 radical (unpaired) electrons. The summed E-state index contributed by atoms with van der Waals surface area (Å²) >= 11 is 0. The number of aromatic nitrogens is 2. The van der Waals surface area contributed by atoms with E-state index in [4.69, 9.17) is 0 Å². The lowest BCUT2D eigenvalue weighted by Crippen LogP contribution is -2.01. The molecular formula is C12H16ClN3O2. The van der Waals surface area contributed by atoms with Crippen LogP contribution in [0.2, 0.25) is 0 Å². The molecule has 0 aliphatic carbocycles. The molecule has 0 aliphatic heterocycles. The first kappa shape index (κ1) is 14.2. The fourth-order valence-corrected chi connectivity index (χ4v) is 1.56. The van der Waals surface area contributed by atoms with Gasteiger partial charge >= 0.3 is 0 Å². The molecule has 1 aromatic heterocycles. The Hall–Kier alpha value is -1.88. The summed E-state index contributed by atoms with van der Waals surface area (Å²) < 4.78 is 1.78. The number of anilines is 1. The van der Waals surface area contributed by atoms with E-state index < -0.39 is 0 Å². The van der Waals surface area contributed by atoms with E-state index in [-0.39, 0.29) is 23.9 Å². The molecule has 0 bridgehead atoms. The Morgan fingerprint density at radius 3 is 2.61 bits per heavy atom. The molecule has 5 nitrogen and oxygen atoms in total. The lowest BCUT2D eigenvalue weighted by Gasteiger charge is -2.07. The van der Waals surface area contributed by atoms with E-state index in [0.717, 1.165) is 16.9 Å². The molecule has 18 heavy (non-hydrogen) atoms. The van der Waals surface area contributed by atoms with E-state index >= 15 is 0 Å². The van der Waals surface area contributed by atoms with Crippen molar-refractivity contribution in [1.29, 1.82) is 0 Å². The van der Waals surface area contributed by atoms with Crippen molar-refractivity contribution < 1.29 is 10.2 Å². The molecule has 6 heteroatoms. The second-order valence-corrected chi connectivity index (χ2v) is 3.93. The molecule has 0 aliphatic rings. The van der Waals surface area contributed by atoms with Crippen molar-refractivity contribution in [2.45, 2.75) is 13.5 Å². The first-order valence-electron chi connectivity index (χ1n) is 5.31. The largest absolute Gasteiger partial charge is 0.508 e. The van der Waals surface area contributed by atoms with Gasteiger partial charge < -0.3 is 15.5 Å². The smallest absolute Gasteiger partial charge is 0.124 e. The van der Waals surface area contributed by atoms with Gasteiger partial charge in [-0.25, -0.2) is 0 Å². The van der Waals surface area contributed by atoms with Crippen molar-refractivity contribution >= 4 is 18.1 Å². The molecule has 0 atom stereocenters. The molecule has 1 heterocycles. The Labute approximate surface area is 111 Å². The highest BCUT2D eigenvalue weighted by atomic mass is 35.5. The monoisotopic (exact) mass is 269 g/mol. The summed E-state index contributed by atoms with van der Waals surface area (Å²) in [6.07, 6.45) is 1.74. The average Bonchev–Trinajstić information content (AvgIpc) is 2.59. The summed E-state index contributed by atoms with van der Waals surface area (Å²) in [6, 6.07) is 4.56. The van der Waals surface area contributed by atoms with Gasteiger partial charge in [0.05, 0.1) is 17.6 Å². The Morgan fingerprint density at radius 1 is 1.33 bits per heavy atom. The third-order valence-corrected chi connectivity index (χ3v) is 2.77. The predicted octanol–water partition coefficient (Wildman–Crippen LogP) is 2.17. The summed E-state index contributed by atoms with van der Waals surface area (Å²) in [6.45, 7) is 2.45. The first-order chi connectivity index (χ1) is 8.08. The molecule has 2 rings (SSSR count). The second-order valence-electron chi connectivity index (χ2n) is 3.93. The Kier molecular flexibility index (Phi) is 4.44. The maximum absolute atomic E-state index is 9.62. The molecule has 0 unspecified atom stereocenters. The van der Waals surface area contributed by atoms with Crippen LogP contribution in [-0.4, -0.2) is 20.0 Å². The molecule has 2 aromatic rings. The predicted molar refractivity (Wildman–Crippen MR) is 72.3 cm³/mol. The molecule has 0 saturated carbocycles. The van der Waals surface area contributed by atoms with E-state index in [1.807, 2.05) is 14.0 Å². The van der Waals surface area contributed by atoms with E-state index in [0.29, 0.717) is 6.54 Å². The zero-order valence-electron chi connectivity index (χ0n) is 10.2. The van der Waals surface area contributed by atoms with E-state index in [1.165, 1.54) is 6.07 Å². The number of aryl methyl sites for hydroxylation is 1. The minimum Gasteiger partial charge on any atom is -0.508 e. The molecule has 0 saturated heterocycles. The summed E-state index contributed by atoms with van der Waals surface area (Å²) in [7, 11) is 1.87. The van der Waals surface area contributed by atoms with Crippen LogP contribution in [0.1, 0.15) is 11.3 Å². The molecule has 0 fully saturated rings. The number of nitrogens with one attached hydrogen (secondary N) is 1. The van der Waals surface area contributed by atoms with Crippen LogP contribution in [0.5, 0.6) is 11.5 Å². The molecular weight excluding hydrogens is 254 g/mol. The fourth-order valence-electron chi connectivity index (χ4n) is 1.56. The molecule has 3 N–H and O–H groups in total. The van der Waals surface area contributed by atoms with Crippen LogP contribution < -0.4 is 5.32 Å². The first-order valence-corrected chi connectivity index (χ1v) is 5.31. The molecule has 1 aromatic carbocycles. The zero-order chi connectivity index (χ0) is 12.4. The van der Waals surface area contributed by atoms with E-state index in [2.05, 4.69) is 10.4 Å². The third-order valence-electron chi connectivity index (χ3n) is 2.77. The van der Waals surface area contributed by atoms with Crippen molar-refractivity contribution in [3.63, 3.8) is 0 Å². The van der Waals surface area contributed by atoms with Crippen LogP contribution in [0.25, 0.3) is 0 Å². The minimum absolute atomic E-state index is 0. The highest BCUT2D eigenvalue weighted by Crippen LogP contribution is 2.23. The van der Waals surface area contributed by atoms with Crippen LogP contribution in [0.4, 0.5) is 5.69 Å². The number of benzene rings is 1. The number of phenols is 2. The van der Waals surface area contributed by atoms with Crippen molar-refractivity contribution in [1.82, 2.24) is 9.78 Å². The summed E-state index contributed by atoms with van der Waals surface area (Å²) in [5.41, 5.74) is 2.69. The van der Waals surface area contributed by atoms with Gasteiger partial charge in [-0.05, 0) is 19.1 Å². The van der Waals surface area contributed by atoms with Gasteiger partial charge in [0.1, 0.15) is 11.5 Å². The van der Waals surface area contributed by atoms with E-state index in [9.17, 15) is 10.2 Å². The average molecular weight is 270 g/mol. The van der Waals surface area contributed by atoms with Crippen LogP contribution >= 0.6 is 12.4 Å². The van der Waals surface area contributed by atoms with Crippen molar-refractivity contribution in [2.24, 2.45) is 7.05 Å². The van der Waals surface area contributed by atoms with Crippen molar-refractivity contribution in [3.05, 3.63) is 35.7 Å². The molecule has 98 valence electrons. The lowest BCUT2D eigenvalue weighted by molar-refractivity contribution is 0.446. The van der Waals surface area contributed by atoms with Crippen molar-refractivity contribution in [3.8, 4) is 11.5 Å². The van der Waals surface area contributed by atoms with Crippen LogP contribution in [-0.2, 0) is 13.6 Å². The van der Waals surface area contributed by atoms with Gasteiger partial charge in [-0.2, -0.15) is 5.10 Å². The maximum atomic E-state index is 9.62. The maximum Gasteiger partial charge on any atom is 0.124 e. The van der Waals surface area contributed by atoms with Crippen molar-refractivity contribution in [2.75, 3.05) is 5.32 Å². The van der Waals surface area contributed by atoms with Gasteiger partial charge in [0.15, 0.2) is 0 Å². The van der Waals surface area contributed by atoms with Gasteiger partial charge in [0.25, 0.3) is 0 Å². The minimum atomic E-state index is 0. The summed E-state index contributed by atoms with van der Waals surface area (Å²) in [5, 5.41) is 26.1. The number of hydrogen-bond acceptors (Lipinski definition) is 4. The number of halogens is 1. The Morgan fingerprint density at radius 2 is 2.06 bits per heavy atom. The van der Waals surface area contributed by atoms with Gasteiger partial charge in [-0.15, -0.1) is 12.4 Å². The lowest BCUT2D eigenvalue weighted by atomic mass is 10.2. The highest BCUT2D eigenvalue weighted by molar-refractivity contribution is 5.85. The van der Waals surface area contributed by atoms with Gasteiger partial charge in [0.2, 0.25) is 0 Å². The van der Waals surface area contributed by atoms with Gasteiger partial charge in [-0.1, -0.05) is 0 Å². The van der Waals surface area contributed by atoms with Crippen LogP contribution in [0, 0.1) is 6.92 Å². The summed E-state index contributed by atoms with van der Waals surface area (Å²) in [5.74, 6) is 0.142.